The van der Waals surface area contributed by atoms with Crippen molar-refractivity contribution >= 4 is 15.9 Å². The summed E-state index contributed by atoms with van der Waals surface area (Å²) in [5.74, 6) is 1.20. The molecule has 0 saturated heterocycles. The van der Waals surface area contributed by atoms with Crippen molar-refractivity contribution in [2.24, 2.45) is 5.73 Å². The Bertz CT molecular complexity index is 648. The number of hydrogen-bond acceptors (Lipinski definition) is 3. The minimum absolute atomic E-state index is 0.0645. The molecule has 5 heteroatoms. The van der Waals surface area contributed by atoms with Crippen LogP contribution in [0.1, 0.15) is 17.2 Å². The predicted octanol–water partition coefficient (Wildman–Crippen LogP) is 3.56. The molecule has 0 bridgehead atoms. The maximum Gasteiger partial charge on any atom is 0.127 e. The number of rotatable bonds is 3. The van der Waals surface area contributed by atoms with Gasteiger partial charge in [0.1, 0.15) is 30.5 Å². The first-order valence-electron chi connectivity index (χ1n) is 6.22. The van der Waals surface area contributed by atoms with E-state index in [9.17, 15) is 4.39 Å². The lowest BCUT2D eigenvalue weighted by molar-refractivity contribution is 0.300. The van der Waals surface area contributed by atoms with Gasteiger partial charge in [0.05, 0.1) is 6.04 Å². The van der Waals surface area contributed by atoms with Crippen molar-refractivity contribution in [3.05, 3.63) is 57.8 Å². The molecule has 2 N–H and O–H groups in total. The third-order valence-corrected chi connectivity index (χ3v) is 3.95. The zero-order valence-corrected chi connectivity index (χ0v) is 12.2. The molecular weight excluding hydrogens is 325 g/mol. The highest BCUT2D eigenvalue weighted by atomic mass is 79.9. The van der Waals surface area contributed by atoms with Gasteiger partial charge in [-0.3, -0.25) is 0 Å². The Labute approximate surface area is 124 Å². The second-order valence-corrected chi connectivity index (χ2v) is 5.50. The molecule has 2 aromatic rings. The third kappa shape index (κ3) is 2.64. The molecule has 1 aliphatic heterocycles. The molecule has 0 aliphatic carbocycles. The molecule has 1 atom stereocenters. The maximum atomic E-state index is 13.0. The highest BCUT2D eigenvalue weighted by Gasteiger charge is 2.20. The lowest BCUT2D eigenvalue weighted by Gasteiger charge is -2.09. The summed E-state index contributed by atoms with van der Waals surface area (Å²) in [6.45, 7) is 0.855. The van der Waals surface area contributed by atoms with Crippen LogP contribution in [0.2, 0.25) is 0 Å². The van der Waals surface area contributed by atoms with E-state index in [0.717, 1.165) is 16.9 Å². The number of ether oxygens (including phenoxy) is 2. The van der Waals surface area contributed by atoms with E-state index < -0.39 is 0 Å². The molecule has 104 valence electrons. The molecule has 1 unspecified atom stereocenters. The molecule has 0 radical (unpaired) electrons. The summed E-state index contributed by atoms with van der Waals surface area (Å²) < 4.78 is 24.9. The monoisotopic (exact) mass is 337 g/mol. The van der Waals surface area contributed by atoms with Gasteiger partial charge in [0.2, 0.25) is 0 Å². The Hall–Kier alpha value is -1.59. The van der Waals surface area contributed by atoms with Crippen molar-refractivity contribution in [1.82, 2.24) is 0 Å². The molecule has 0 amide bonds. The van der Waals surface area contributed by atoms with Gasteiger partial charge in [0.15, 0.2) is 0 Å². The zero-order chi connectivity index (χ0) is 14.1. The van der Waals surface area contributed by atoms with Crippen LogP contribution in [0, 0.1) is 5.82 Å². The van der Waals surface area contributed by atoms with E-state index in [1.54, 1.807) is 6.07 Å². The summed E-state index contributed by atoms with van der Waals surface area (Å²) in [7, 11) is 0. The second-order valence-electron chi connectivity index (χ2n) is 4.64. The van der Waals surface area contributed by atoms with Gasteiger partial charge in [0.25, 0.3) is 0 Å². The van der Waals surface area contributed by atoms with Gasteiger partial charge in [-0.15, -0.1) is 0 Å². The number of halogens is 2. The standard InChI is InChI=1S/C15H13BrFNO2/c16-13-5-10(17)2-1-9(13)7-19-11-3-4-12-14(18)8-20-15(12)6-11/h1-6,14H,7-8,18H2. The zero-order valence-electron chi connectivity index (χ0n) is 10.6. The van der Waals surface area contributed by atoms with E-state index in [-0.39, 0.29) is 11.9 Å². The van der Waals surface area contributed by atoms with Gasteiger partial charge >= 0.3 is 0 Å². The number of fused-ring (bicyclic) bond motifs is 1. The van der Waals surface area contributed by atoms with Crippen molar-refractivity contribution in [2.75, 3.05) is 6.61 Å². The average Bonchev–Trinajstić information content (AvgIpc) is 2.79. The minimum Gasteiger partial charge on any atom is -0.491 e. The normalized spacial score (nSPS) is 16.6. The second kappa shape index (κ2) is 5.42. The Morgan fingerprint density at radius 3 is 2.95 bits per heavy atom. The van der Waals surface area contributed by atoms with Crippen LogP contribution < -0.4 is 15.2 Å². The van der Waals surface area contributed by atoms with Crippen molar-refractivity contribution < 1.29 is 13.9 Å². The van der Waals surface area contributed by atoms with Crippen LogP contribution in [0.15, 0.2) is 40.9 Å². The lowest BCUT2D eigenvalue weighted by Crippen LogP contribution is -2.10. The topological polar surface area (TPSA) is 44.5 Å². The fraction of sp³-hybridized carbons (Fsp3) is 0.200. The summed E-state index contributed by atoms with van der Waals surface area (Å²) in [6, 6.07) is 10.1. The predicted molar refractivity (Wildman–Crippen MR) is 77.3 cm³/mol. The minimum atomic E-state index is -0.277. The van der Waals surface area contributed by atoms with Crippen LogP contribution >= 0.6 is 15.9 Å². The summed E-state index contributed by atoms with van der Waals surface area (Å²) in [5, 5.41) is 0. The summed E-state index contributed by atoms with van der Waals surface area (Å²) in [5.41, 5.74) is 7.77. The van der Waals surface area contributed by atoms with E-state index in [4.69, 9.17) is 15.2 Å². The third-order valence-electron chi connectivity index (χ3n) is 3.21. The fourth-order valence-corrected chi connectivity index (χ4v) is 2.57. The Balaban J connectivity index is 1.73. The Morgan fingerprint density at radius 1 is 1.30 bits per heavy atom. The molecule has 3 nitrogen and oxygen atoms in total. The van der Waals surface area contributed by atoms with E-state index in [1.807, 2.05) is 18.2 Å². The van der Waals surface area contributed by atoms with Gasteiger partial charge in [0, 0.05) is 21.7 Å². The van der Waals surface area contributed by atoms with Gasteiger partial charge in [-0.05, 0) is 24.3 Å². The van der Waals surface area contributed by atoms with Crippen LogP contribution in [0.5, 0.6) is 11.5 Å². The molecule has 0 saturated carbocycles. The van der Waals surface area contributed by atoms with Crippen molar-refractivity contribution in [3.63, 3.8) is 0 Å². The van der Waals surface area contributed by atoms with Crippen LogP contribution in [0.4, 0.5) is 4.39 Å². The van der Waals surface area contributed by atoms with Crippen molar-refractivity contribution in [2.45, 2.75) is 12.6 Å². The molecule has 1 heterocycles. The van der Waals surface area contributed by atoms with E-state index >= 15 is 0 Å². The highest BCUT2D eigenvalue weighted by Crippen LogP contribution is 2.34. The quantitative estimate of drug-likeness (QED) is 0.931. The van der Waals surface area contributed by atoms with Gasteiger partial charge in [-0.1, -0.05) is 22.0 Å². The molecule has 0 spiro atoms. The molecule has 2 aromatic carbocycles. The molecule has 1 aliphatic rings. The fourth-order valence-electron chi connectivity index (χ4n) is 2.10. The number of nitrogens with two attached hydrogens (primary N) is 1. The molecule has 3 rings (SSSR count). The largest absolute Gasteiger partial charge is 0.491 e. The molecular formula is C15H13BrFNO2. The van der Waals surface area contributed by atoms with Crippen LogP contribution in [-0.2, 0) is 6.61 Å². The number of hydrogen-bond donors (Lipinski definition) is 1. The first-order valence-corrected chi connectivity index (χ1v) is 7.02. The smallest absolute Gasteiger partial charge is 0.127 e. The number of benzene rings is 2. The van der Waals surface area contributed by atoms with Crippen LogP contribution in [0.3, 0.4) is 0 Å². The van der Waals surface area contributed by atoms with Gasteiger partial charge < -0.3 is 15.2 Å². The van der Waals surface area contributed by atoms with Crippen LogP contribution in [0.25, 0.3) is 0 Å². The maximum absolute atomic E-state index is 13.0. The van der Waals surface area contributed by atoms with E-state index in [2.05, 4.69) is 15.9 Å². The van der Waals surface area contributed by atoms with Crippen molar-refractivity contribution in [1.29, 1.82) is 0 Å². The summed E-state index contributed by atoms with van der Waals surface area (Å²) in [6.07, 6.45) is 0. The Morgan fingerprint density at radius 2 is 2.15 bits per heavy atom. The van der Waals surface area contributed by atoms with E-state index in [1.165, 1.54) is 12.1 Å². The molecule has 0 aromatic heterocycles. The Kier molecular flexibility index (Phi) is 3.63. The highest BCUT2D eigenvalue weighted by molar-refractivity contribution is 9.10. The van der Waals surface area contributed by atoms with Gasteiger partial charge in [-0.25, -0.2) is 4.39 Å². The summed E-state index contributed by atoms with van der Waals surface area (Å²) in [4.78, 5) is 0. The summed E-state index contributed by atoms with van der Waals surface area (Å²) >= 11 is 3.32. The van der Waals surface area contributed by atoms with E-state index in [0.29, 0.717) is 23.4 Å². The van der Waals surface area contributed by atoms with Crippen LogP contribution in [-0.4, -0.2) is 6.61 Å². The first kappa shape index (κ1) is 13.4. The molecule has 0 fully saturated rings. The SMILES string of the molecule is NC1COc2cc(OCc3ccc(F)cc3Br)ccc21. The molecule has 20 heavy (non-hydrogen) atoms. The lowest BCUT2D eigenvalue weighted by atomic mass is 10.1. The van der Waals surface area contributed by atoms with Gasteiger partial charge in [-0.2, -0.15) is 0 Å². The first-order chi connectivity index (χ1) is 9.63. The average molecular weight is 338 g/mol. The van der Waals surface area contributed by atoms with Crippen molar-refractivity contribution in [3.8, 4) is 11.5 Å².